The summed E-state index contributed by atoms with van der Waals surface area (Å²) in [5.41, 5.74) is 0. The molecule has 0 spiro atoms. The second-order valence-electron chi connectivity index (χ2n) is 17.1. The molecule has 0 aromatic heterocycles. The van der Waals surface area contributed by atoms with E-state index in [1.54, 1.807) is 0 Å². The van der Waals surface area contributed by atoms with Gasteiger partial charge in [0.2, 0.25) is 0 Å². The molecule has 0 heterocycles. The van der Waals surface area contributed by atoms with E-state index in [4.69, 9.17) is 14.2 Å². The molecule has 1 unspecified atom stereocenters. The molecule has 0 amide bonds. The van der Waals surface area contributed by atoms with Crippen molar-refractivity contribution in [3.8, 4) is 0 Å². The fourth-order valence-corrected chi connectivity index (χ4v) is 7.12. The van der Waals surface area contributed by atoms with Crippen LogP contribution in [0.1, 0.15) is 252 Å². The van der Waals surface area contributed by atoms with Crippen LogP contribution in [0.3, 0.4) is 0 Å². The fourth-order valence-electron chi connectivity index (χ4n) is 7.12. The summed E-state index contributed by atoms with van der Waals surface area (Å²) >= 11 is 0. The lowest BCUT2D eigenvalue weighted by Gasteiger charge is -2.18. The van der Waals surface area contributed by atoms with E-state index < -0.39 is 6.10 Å². The Labute approximate surface area is 377 Å². The molecule has 0 aliphatic carbocycles. The average molecular weight is 853 g/mol. The maximum absolute atomic E-state index is 12.7. The van der Waals surface area contributed by atoms with Crippen LogP contribution in [-0.2, 0) is 28.6 Å². The van der Waals surface area contributed by atoms with Crippen molar-refractivity contribution in [2.24, 2.45) is 0 Å². The molecule has 0 N–H and O–H groups in total. The van der Waals surface area contributed by atoms with E-state index in [0.29, 0.717) is 19.3 Å². The molecule has 0 fully saturated rings. The van der Waals surface area contributed by atoms with Crippen molar-refractivity contribution >= 4 is 17.9 Å². The predicted octanol–water partition coefficient (Wildman–Crippen LogP) is 16.9. The van der Waals surface area contributed by atoms with Crippen LogP contribution < -0.4 is 0 Å². The Morgan fingerprint density at radius 2 is 0.656 bits per heavy atom. The minimum absolute atomic E-state index is 0.0783. The zero-order valence-electron chi connectivity index (χ0n) is 40.2. The topological polar surface area (TPSA) is 78.9 Å². The molecule has 0 aliphatic heterocycles. The van der Waals surface area contributed by atoms with Gasteiger partial charge >= 0.3 is 17.9 Å². The molecule has 0 rings (SSSR count). The molecule has 1 atom stereocenters. The van der Waals surface area contributed by atoms with Gasteiger partial charge in [0.05, 0.1) is 0 Å². The third-order valence-electron chi connectivity index (χ3n) is 11.0. The number of carbonyl (C=O) groups is 3. The Bertz CT molecular complexity index is 1120. The van der Waals surface area contributed by atoms with E-state index in [1.807, 2.05) is 0 Å². The highest BCUT2D eigenvalue weighted by Gasteiger charge is 2.19. The van der Waals surface area contributed by atoms with Gasteiger partial charge in [-0.15, -0.1) is 0 Å². The number of carbonyl (C=O) groups excluding carboxylic acids is 3. The maximum atomic E-state index is 12.7. The van der Waals surface area contributed by atoms with Crippen molar-refractivity contribution in [2.45, 2.75) is 258 Å². The van der Waals surface area contributed by atoms with Crippen LogP contribution in [0.25, 0.3) is 0 Å². The van der Waals surface area contributed by atoms with Gasteiger partial charge in [0.25, 0.3) is 0 Å². The highest BCUT2D eigenvalue weighted by molar-refractivity contribution is 5.71. The van der Waals surface area contributed by atoms with Crippen LogP contribution in [0.4, 0.5) is 0 Å². The Morgan fingerprint density at radius 1 is 0.344 bits per heavy atom. The molecule has 0 radical (unpaired) electrons. The molecule has 0 aromatic carbocycles. The summed E-state index contributed by atoms with van der Waals surface area (Å²) in [5.74, 6) is -0.894. The van der Waals surface area contributed by atoms with Crippen LogP contribution in [0.5, 0.6) is 0 Å². The molecule has 0 saturated carbocycles. The van der Waals surface area contributed by atoms with Gasteiger partial charge in [-0.05, 0) is 77.0 Å². The molecule has 61 heavy (non-hydrogen) atoms. The van der Waals surface area contributed by atoms with Gasteiger partial charge in [-0.3, -0.25) is 14.4 Å². The molecule has 352 valence electrons. The normalized spacial score (nSPS) is 12.5. The van der Waals surface area contributed by atoms with Crippen molar-refractivity contribution in [3.63, 3.8) is 0 Å². The number of hydrogen-bond acceptors (Lipinski definition) is 6. The van der Waals surface area contributed by atoms with Gasteiger partial charge in [0.1, 0.15) is 13.2 Å². The first kappa shape index (κ1) is 58.1. The third kappa shape index (κ3) is 48.0. The van der Waals surface area contributed by atoms with E-state index in [2.05, 4.69) is 81.5 Å². The number of allylic oxidation sites excluding steroid dienone is 10. The first-order valence-electron chi connectivity index (χ1n) is 25.8. The Balaban J connectivity index is 4.30. The fraction of sp³-hybridized carbons (Fsp3) is 0.764. The lowest BCUT2D eigenvalue weighted by atomic mass is 10.1. The van der Waals surface area contributed by atoms with Gasteiger partial charge in [-0.25, -0.2) is 0 Å². The van der Waals surface area contributed by atoms with Crippen LogP contribution in [0.15, 0.2) is 60.8 Å². The molecule has 0 bridgehead atoms. The summed E-state index contributed by atoms with van der Waals surface area (Å²) < 4.78 is 16.8. The SMILES string of the molecule is CC/C=C\C/C=C\C/C=C\C/C=C\CCCCCCCCCCC(=O)OCC(COC(=O)CCCCCCCCCCCCC)OC(=O)CCCCCCC/C=C\CCCC. The number of ether oxygens (including phenoxy) is 3. The van der Waals surface area contributed by atoms with E-state index in [0.717, 1.165) is 103 Å². The monoisotopic (exact) mass is 853 g/mol. The highest BCUT2D eigenvalue weighted by Crippen LogP contribution is 2.15. The van der Waals surface area contributed by atoms with Crippen molar-refractivity contribution in [1.29, 1.82) is 0 Å². The van der Waals surface area contributed by atoms with E-state index in [-0.39, 0.29) is 31.1 Å². The lowest BCUT2D eigenvalue weighted by Crippen LogP contribution is -2.30. The van der Waals surface area contributed by atoms with E-state index >= 15 is 0 Å². The minimum atomic E-state index is -0.778. The van der Waals surface area contributed by atoms with Crippen molar-refractivity contribution in [3.05, 3.63) is 60.8 Å². The van der Waals surface area contributed by atoms with Gasteiger partial charge < -0.3 is 14.2 Å². The quantitative estimate of drug-likeness (QED) is 0.0263. The average Bonchev–Trinajstić information content (AvgIpc) is 3.26. The van der Waals surface area contributed by atoms with Crippen LogP contribution in [0.2, 0.25) is 0 Å². The zero-order chi connectivity index (χ0) is 44.4. The molecule has 6 heteroatoms. The van der Waals surface area contributed by atoms with Crippen molar-refractivity contribution < 1.29 is 28.6 Å². The molecule has 0 saturated heterocycles. The first-order chi connectivity index (χ1) is 30.0. The second-order valence-corrected chi connectivity index (χ2v) is 17.1. The van der Waals surface area contributed by atoms with Crippen molar-refractivity contribution in [1.82, 2.24) is 0 Å². The summed E-state index contributed by atoms with van der Waals surface area (Å²) in [6, 6.07) is 0. The number of unbranched alkanes of at least 4 members (excludes halogenated alkanes) is 25. The van der Waals surface area contributed by atoms with E-state index in [1.165, 1.54) is 109 Å². The molecular formula is C55H96O6. The zero-order valence-corrected chi connectivity index (χ0v) is 40.2. The predicted molar refractivity (Wildman–Crippen MR) is 261 cm³/mol. The number of esters is 3. The molecule has 0 aliphatic rings. The summed E-state index contributed by atoms with van der Waals surface area (Å²) in [7, 11) is 0. The van der Waals surface area contributed by atoms with E-state index in [9.17, 15) is 14.4 Å². The third-order valence-corrected chi connectivity index (χ3v) is 11.0. The van der Waals surface area contributed by atoms with Crippen LogP contribution in [0, 0.1) is 0 Å². The standard InChI is InChI=1S/C55H96O6/c1-4-7-10-13-16-19-22-23-24-25-26-27-28-29-30-31-34-36-39-42-45-48-54(57)60-51-52(61-55(58)49-46-43-40-37-33-21-18-15-12-9-6-3)50-59-53(56)47-44-41-38-35-32-20-17-14-11-8-5-2/h7,10,15-16,18-19,23-24,26-27,52H,4-6,8-9,11-14,17,20-22,25,28-51H2,1-3H3/b10-7-,18-15-,19-16-,24-23-,27-26-. The van der Waals surface area contributed by atoms with Gasteiger partial charge in [-0.1, -0.05) is 216 Å². The summed E-state index contributed by atoms with van der Waals surface area (Å²) in [6.07, 6.45) is 60.6. The largest absolute Gasteiger partial charge is 0.462 e. The Kier molecular flexibility index (Phi) is 47.4. The van der Waals surface area contributed by atoms with Crippen molar-refractivity contribution in [2.75, 3.05) is 13.2 Å². The van der Waals surface area contributed by atoms with Gasteiger partial charge in [0.15, 0.2) is 6.10 Å². The summed E-state index contributed by atoms with van der Waals surface area (Å²) in [4.78, 5) is 37.9. The van der Waals surface area contributed by atoms with Crippen LogP contribution in [-0.4, -0.2) is 37.2 Å². The number of rotatable bonds is 46. The Hall–Kier alpha value is -2.89. The summed E-state index contributed by atoms with van der Waals surface area (Å²) in [6.45, 7) is 6.47. The van der Waals surface area contributed by atoms with Crippen LogP contribution >= 0.6 is 0 Å². The second kappa shape index (κ2) is 49.8. The van der Waals surface area contributed by atoms with Gasteiger partial charge in [-0.2, -0.15) is 0 Å². The molecule has 0 aromatic rings. The highest BCUT2D eigenvalue weighted by atomic mass is 16.6. The van der Waals surface area contributed by atoms with Gasteiger partial charge in [0, 0.05) is 19.3 Å². The first-order valence-corrected chi connectivity index (χ1v) is 25.8. The number of hydrogen-bond donors (Lipinski definition) is 0. The molecule has 6 nitrogen and oxygen atoms in total. The molecular weight excluding hydrogens is 757 g/mol. The minimum Gasteiger partial charge on any atom is -0.462 e. The maximum Gasteiger partial charge on any atom is 0.306 e. The Morgan fingerprint density at radius 3 is 1.07 bits per heavy atom. The smallest absolute Gasteiger partial charge is 0.306 e. The summed E-state index contributed by atoms with van der Waals surface area (Å²) in [5, 5.41) is 0. The lowest BCUT2D eigenvalue weighted by molar-refractivity contribution is -0.167.